The zero-order valence-corrected chi connectivity index (χ0v) is 10.1. The van der Waals surface area contributed by atoms with Crippen LogP contribution >= 0.6 is 0 Å². The fourth-order valence-electron chi connectivity index (χ4n) is 1.47. The van der Waals surface area contributed by atoms with Crippen molar-refractivity contribution in [3.63, 3.8) is 0 Å². The van der Waals surface area contributed by atoms with Crippen LogP contribution < -0.4 is 10.1 Å². The number of hydrogen-bond acceptors (Lipinski definition) is 3. The summed E-state index contributed by atoms with van der Waals surface area (Å²) in [6.45, 7) is 3.15. The van der Waals surface area contributed by atoms with Crippen LogP contribution in [-0.4, -0.2) is 30.8 Å². The van der Waals surface area contributed by atoms with Crippen LogP contribution in [0, 0.1) is 0 Å². The van der Waals surface area contributed by atoms with Crippen LogP contribution in [0.2, 0.25) is 0 Å². The largest absolute Gasteiger partial charge is 0.493 e. The highest BCUT2D eigenvalue weighted by molar-refractivity contribution is 5.96. The molecule has 94 valence electrons. The number of nitrogens with one attached hydrogen (secondary N) is 1. The average molecular weight is 237 g/mol. The van der Waals surface area contributed by atoms with Crippen LogP contribution in [0.3, 0.4) is 0 Å². The van der Waals surface area contributed by atoms with Crippen LogP contribution in [0.1, 0.15) is 30.1 Å². The van der Waals surface area contributed by atoms with Crippen molar-refractivity contribution in [2.45, 2.75) is 19.8 Å². The minimum Gasteiger partial charge on any atom is -0.493 e. The highest BCUT2D eigenvalue weighted by atomic mass is 16.5. The number of benzene rings is 1. The molecule has 0 aromatic heterocycles. The van der Waals surface area contributed by atoms with Gasteiger partial charge in [0.25, 0.3) is 5.91 Å². The summed E-state index contributed by atoms with van der Waals surface area (Å²) in [4.78, 5) is 11.8. The predicted octanol–water partition coefficient (Wildman–Crippen LogP) is 1.59. The molecule has 0 bridgehead atoms. The van der Waals surface area contributed by atoms with E-state index >= 15 is 0 Å². The molecule has 2 N–H and O–H groups in total. The maximum absolute atomic E-state index is 11.8. The van der Waals surface area contributed by atoms with Gasteiger partial charge in [-0.3, -0.25) is 4.79 Å². The molecule has 4 heteroatoms. The van der Waals surface area contributed by atoms with Gasteiger partial charge in [0, 0.05) is 13.2 Å². The Hall–Kier alpha value is -1.55. The van der Waals surface area contributed by atoms with Gasteiger partial charge in [-0.1, -0.05) is 12.1 Å². The Kier molecular flexibility index (Phi) is 6.10. The van der Waals surface area contributed by atoms with E-state index < -0.39 is 0 Å². The van der Waals surface area contributed by atoms with Crippen molar-refractivity contribution >= 4 is 5.91 Å². The molecule has 0 saturated carbocycles. The minimum absolute atomic E-state index is 0.132. The molecule has 0 fully saturated rings. The summed E-state index contributed by atoms with van der Waals surface area (Å²) in [6.07, 6.45) is 1.48. The molecule has 0 aliphatic heterocycles. The summed E-state index contributed by atoms with van der Waals surface area (Å²) in [5, 5.41) is 11.4. The van der Waals surface area contributed by atoms with E-state index in [1.807, 2.05) is 19.1 Å². The first-order valence-corrected chi connectivity index (χ1v) is 5.90. The number of carbonyl (C=O) groups is 1. The fourth-order valence-corrected chi connectivity index (χ4v) is 1.47. The van der Waals surface area contributed by atoms with Crippen molar-refractivity contribution in [3.8, 4) is 5.75 Å². The number of hydrogen-bond donors (Lipinski definition) is 2. The van der Waals surface area contributed by atoms with E-state index in [9.17, 15) is 4.79 Å². The first-order valence-electron chi connectivity index (χ1n) is 5.90. The number of ether oxygens (including phenoxy) is 1. The zero-order chi connectivity index (χ0) is 12.5. The molecule has 0 unspecified atom stereocenters. The van der Waals surface area contributed by atoms with Crippen LogP contribution in [0.4, 0.5) is 0 Å². The molecular weight excluding hydrogens is 218 g/mol. The van der Waals surface area contributed by atoms with Crippen LogP contribution in [0.25, 0.3) is 0 Å². The van der Waals surface area contributed by atoms with Gasteiger partial charge in [-0.2, -0.15) is 0 Å². The van der Waals surface area contributed by atoms with Crippen LogP contribution in [-0.2, 0) is 0 Å². The summed E-state index contributed by atoms with van der Waals surface area (Å²) >= 11 is 0. The van der Waals surface area contributed by atoms with Crippen LogP contribution in [0.5, 0.6) is 5.75 Å². The SMILES string of the molecule is CCOc1ccccc1C(=O)NCCCCO. The summed E-state index contributed by atoms with van der Waals surface area (Å²) in [6, 6.07) is 7.18. The van der Waals surface area contributed by atoms with Gasteiger partial charge in [-0.25, -0.2) is 0 Å². The van der Waals surface area contributed by atoms with Gasteiger partial charge in [0.1, 0.15) is 5.75 Å². The highest BCUT2D eigenvalue weighted by Crippen LogP contribution is 2.17. The van der Waals surface area contributed by atoms with E-state index in [1.54, 1.807) is 12.1 Å². The third kappa shape index (κ3) is 4.44. The van der Waals surface area contributed by atoms with Gasteiger partial charge in [0.05, 0.1) is 12.2 Å². The Morgan fingerprint density at radius 1 is 1.35 bits per heavy atom. The second kappa shape index (κ2) is 7.68. The summed E-state index contributed by atoms with van der Waals surface area (Å²) < 4.78 is 5.38. The van der Waals surface area contributed by atoms with Gasteiger partial charge in [0.2, 0.25) is 0 Å². The Labute approximate surface area is 102 Å². The number of unbranched alkanes of at least 4 members (excludes halogenated alkanes) is 1. The smallest absolute Gasteiger partial charge is 0.255 e. The number of aliphatic hydroxyl groups excluding tert-OH is 1. The van der Waals surface area contributed by atoms with Gasteiger partial charge in [-0.05, 0) is 31.9 Å². The quantitative estimate of drug-likeness (QED) is 0.708. The topological polar surface area (TPSA) is 58.6 Å². The third-order valence-electron chi connectivity index (χ3n) is 2.30. The van der Waals surface area contributed by atoms with E-state index in [2.05, 4.69) is 5.32 Å². The molecule has 0 radical (unpaired) electrons. The summed E-state index contributed by atoms with van der Waals surface area (Å²) in [7, 11) is 0. The maximum Gasteiger partial charge on any atom is 0.255 e. The zero-order valence-electron chi connectivity index (χ0n) is 10.1. The van der Waals surface area contributed by atoms with E-state index in [-0.39, 0.29) is 12.5 Å². The second-order valence-corrected chi connectivity index (χ2v) is 3.62. The van der Waals surface area contributed by atoms with Crippen molar-refractivity contribution < 1.29 is 14.6 Å². The van der Waals surface area contributed by atoms with Gasteiger partial charge >= 0.3 is 0 Å². The van der Waals surface area contributed by atoms with E-state index in [4.69, 9.17) is 9.84 Å². The molecule has 1 aromatic rings. The van der Waals surface area contributed by atoms with Gasteiger partial charge in [-0.15, -0.1) is 0 Å². The molecular formula is C13H19NO3. The lowest BCUT2D eigenvalue weighted by Crippen LogP contribution is -2.25. The summed E-state index contributed by atoms with van der Waals surface area (Å²) in [5.74, 6) is 0.474. The van der Waals surface area contributed by atoms with Crippen molar-refractivity contribution in [2.24, 2.45) is 0 Å². The second-order valence-electron chi connectivity index (χ2n) is 3.62. The molecule has 0 spiro atoms. The molecule has 4 nitrogen and oxygen atoms in total. The van der Waals surface area contributed by atoms with E-state index in [0.717, 1.165) is 6.42 Å². The van der Waals surface area contributed by atoms with Gasteiger partial charge in [0.15, 0.2) is 0 Å². The van der Waals surface area contributed by atoms with Crippen LogP contribution in [0.15, 0.2) is 24.3 Å². The van der Waals surface area contributed by atoms with Crippen molar-refractivity contribution in [3.05, 3.63) is 29.8 Å². The number of amides is 1. The Morgan fingerprint density at radius 2 is 2.12 bits per heavy atom. The predicted molar refractivity (Wildman–Crippen MR) is 66.3 cm³/mol. The third-order valence-corrected chi connectivity index (χ3v) is 2.30. The standard InChI is InChI=1S/C13H19NO3/c1-2-17-12-8-4-3-7-11(12)13(16)14-9-5-6-10-15/h3-4,7-8,15H,2,5-6,9-10H2,1H3,(H,14,16). The first kappa shape index (κ1) is 13.5. The highest BCUT2D eigenvalue weighted by Gasteiger charge is 2.10. The average Bonchev–Trinajstić information content (AvgIpc) is 2.35. The lowest BCUT2D eigenvalue weighted by atomic mass is 10.2. The molecule has 17 heavy (non-hydrogen) atoms. The van der Waals surface area contributed by atoms with Crippen molar-refractivity contribution in [2.75, 3.05) is 19.8 Å². The Morgan fingerprint density at radius 3 is 2.82 bits per heavy atom. The Balaban J connectivity index is 2.55. The lowest BCUT2D eigenvalue weighted by Gasteiger charge is -2.10. The monoisotopic (exact) mass is 237 g/mol. The number of carbonyl (C=O) groups excluding carboxylic acids is 1. The number of aliphatic hydroxyl groups is 1. The molecule has 0 heterocycles. The minimum atomic E-state index is -0.132. The normalized spacial score (nSPS) is 10.0. The number of rotatable bonds is 7. The molecule has 1 aromatic carbocycles. The molecule has 1 amide bonds. The first-order chi connectivity index (χ1) is 8.29. The molecule has 0 aliphatic rings. The maximum atomic E-state index is 11.8. The molecule has 1 rings (SSSR count). The fraction of sp³-hybridized carbons (Fsp3) is 0.462. The lowest BCUT2D eigenvalue weighted by molar-refractivity contribution is 0.0948. The Bertz CT molecular complexity index is 352. The molecule has 0 atom stereocenters. The molecule has 0 aliphatic carbocycles. The molecule has 0 saturated heterocycles. The summed E-state index contributed by atoms with van der Waals surface area (Å²) in [5.41, 5.74) is 0.554. The van der Waals surface area contributed by atoms with E-state index in [1.165, 1.54) is 0 Å². The van der Waals surface area contributed by atoms with E-state index in [0.29, 0.717) is 30.9 Å². The van der Waals surface area contributed by atoms with Crippen molar-refractivity contribution in [1.82, 2.24) is 5.32 Å². The van der Waals surface area contributed by atoms with Gasteiger partial charge < -0.3 is 15.2 Å². The van der Waals surface area contributed by atoms with Crippen molar-refractivity contribution in [1.29, 1.82) is 0 Å². The number of para-hydroxylation sites is 1.